The Morgan fingerprint density at radius 2 is 1.86 bits per heavy atom. The standard InChI is InChI=1S/C30H31ClN8O2S/c1-36-13-2-4-20(36)9-12-32-28(41)25-26(40)21-6-8-24(37-14-16-38(17-15-37)30-33-10-3-11-34-30)35-27(21)39-22-18-19(31)5-7-23(22)42-29(25)39/h3,5-8,10-11,18,20H,2,4,9,12-17H2,1H3,(H,32,41). The lowest BCUT2D eigenvalue weighted by molar-refractivity contribution is 0.0951. The predicted molar refractivity (Wildman–Crippen MR) is 168 cm³/mol. The van der Waals surface area contributed by atoms with E-state index < -0.39 is 0 Å². The van der Waals surface area contributed by atoms with Crippen LogP contribution in [-0.2, 0) is 0 Å². The first-order chi connectivity index (χ1) is 20.5. The zero-order valence-corrected chi connectivity index (χ0v) is 24.9. The number of hydrogen-bond donors (Lipinski definition) is 1. The second-order valence-electron chi connectivity index (χ2n) is 10.9. The van der Waals surface area contributed by atoms with Crippen molar-refractivity contribution in [2.24, 2.45) is 0 Å². The SMILES string of the molecule is CN1CCCC1CCNC(=O)c1c(=O)c2ccc(N3CCN(c4ncccn4)CC3)nc2n2c1sc1ccc(Cl)cc12. The highest BCUT2D eigenvalue weighted by Crippen LogP contribution is 2.33. The van der Waals surface area contributed by atoms with Crippen LogP contribution in [0.4, 0.5) is 11.8 Å². The first kappa shape index (κ1) is 27.1. The molecule has 2 aliphatic rings. The third-order valence-electron chi connectivity index (χ3n) is 8.43. The van der Waals surface area contributed by atoms with E-state index in [1.807, 2.05) is 34.7 Å². The number of nitrogens with zero attached hydrogens (tertiary/aromatic N) is 7. The molecule has 216 valence electrons. The lowest BCUT2D eigenvalue weighted by Gasteiger charge is -2.35. The number of halogens is 1. The molecule has 12 heteroatoms. The zero-order chi connectivity index (χ0) is 28.8. The van der Waals surface area contributed by atoms with Gasteiger partial charge in [-0.15, -0.1) is 11.3 Å². The van der Waals surface area contributed by atoms with Gasteiger partial charge in [0.25, 0.3) is 5.91 Å². The first-order valence-corrected chi connectivity index (χ1v) is 15.5. The molecule has 7 rings (SSSR count). The van der Waals surface area contributed by atoms with Crippen molar-refractivity contribution in [2.45, 2.75) is 25.3 Å². The zero-order valence-electron chi connectivity index (χ0n) is 23.3. The summed E-state index contributed by atoms with van der Waals surface area (Å²) >= 11 is 7.84. The Kier molecular flexibility index (Phi) is 7.17. The normalized spacial score (nSPS) is 18.0. The van der Waals surface area contributed by atoms with Gasteiger partial charge in [-0.05, 0) is 69.3 Å². The monoisotopic (exact) mass is 602 g/mol. The van der Waals surface area contributed by atoms with Gasteiger partial charge in [0, 0.05) is 56.2 Å². The Morgan fingerprint density at radius 1 is 1.07 bits per heavy atom. The molecule has 0 aliphatic carbocycles. The van der Waals surface area contributed by atoms with E-state index in [1.54, 1.807) is 18.5 Å². The molecule has 0 radical (unpaired) electrons. The highest BCUT2D eigenvalue weighted by atomic mass is 35.5. The van der Waals surface area contributed by atoms with Gasteiger partial charge in [-0.3, -0.25) is 14.0 Å². The molecule has 1 aromatic carbocycles. The Morgan fingerprint density at radius 3 is 2.62 bits per heavy atom. The topological polar surface area (TPSA) is 99.0 Å². The van der Waals surface area contributed by atoms with Crippen molar-refractivity contribution in [3.8, 4) is 0 Å². The number of nitrogens with one attached hydrogen (secondary N) is 1. The van der Waals surface area contributed by atoms with Crippen molar-refractivity contribution in [1.29, 1.82) is 0 Å². The highest BCUT2D eigenvalue weighted by molar-refractivity contribution is 7.24. The largest absolute Gasteiger partial charge is 0.353 e. The van der Waals surface area contributed by atoms with Crippen LogP contribution in [0.2, 0.25) is 5.02 Å². The molecule has 1 amide bonds. The van der Waals surface area contributed by atoms with Crippen molar-refractivity contribution in [1.82, 2.24) is 29.6 Å². The molecule has 2 fully saturated rings. The van der Waals surface area contributed by atoms with Crippen molar-refractivity contribution >= 4 is 66.7 Å². The van der Waals surface area contributed by atoms with E-state index in [1.165, 1.54) is 17.8 Å². The minimum atomic E-state index is -0.346. The van der Waals surface area contributed by atoms with Crippen molar-refractivity contribution in [3.05, 3.63) is 69.6 Å². The second-order valence-corrected chi connectivity index (χ2v) is 12.4. The third-order valence-corrected chi connectivity index (χ3v) is 9.81. The summed E-state index contributed by atoms with van der Waals surface area (Å²) in [5.41, 5.74) is 1.21. The van der Waals surface area contributed by atoms with Gasteiger partial charge in [0.05, 0.1) is 15.6 Å². The summed E-state index contributed by atoms with van der Waals surface area (Å²) in [6, 6.07) is 11.6. The molecule has 1 atom stereocenters. The summed E-state index contributed by atoms with van der Waals surface area (Å²) in [5.74, 6) is 1.16. The third kappa shape index (κ3) is 4.85. The molecular weight excluding hydrogens is 572 g/mol. The molecule has 10 nitrogen and oxygen atoms in total. The summed E-state index contributed by atoms with van der Waals surface area (Å²) < 4.78 is 2.86. The summed E-state index contributed by atoms with van der Waals surface area (Å²) in [6.45, 7) is 4.59. The van der Waals surface area contributed by atoms with Crippen LogP contribution < -0.4 is 20.5 Å². The number of anilines is 2. The molecular formula is C30H31ClN8O2S. The predicted octanol–water partition coefficient (Wildman–Crippen LogP) is 4.05. The number of aromatic nitrogens is 4. The molecule has 0 saturated carbocycles. The summed E-state index contributed by atoms with van der Waals surface area (Å²) in [4.78, 5) is 48.6. The van der Waals surface area contributed by atoms with Crippen LogP contribution in [0.15, 0.2) is 53.6 Å². The fourth-order valence-electron chi connectivity index (χ4n) is 6.15. The van der Waals surface area contributed by atoms with Crippen LogP contribution in [0.1, 0.15) is 29.6 Å². The number of amides is 1. The summed E-state index contributed by atoms with van der Waals surface area (Å²) in [7, 11) is 2.12. The Labute approximate surface area is 251 Å². The second kappa shape index (κ2) is 11.1. The number of rotatable bonds is 6. The molecule has 1 unspecified atom stereocenters. The van der Waals surface area contributed by atoms with Crippen LogP contribution in [0, 0.1) is 0 Å². The van der Waals surface area contributed by atoms with Crippen molar-refractivity contribution in [3.63, 3.8) is 0 Å². The lowest BCUT2D eigenvalue weighted by atomic mass is 10.1. The van der Waals surface area contributed by atoms with Gasteiger partial charge in [0.2, 0.25) is 11.4 Å². The van der Waals surface area contributed by atoms with Crippen LogP contribution in [-0.4, -0.2) is 82.5 Å². The number of benzene rings is 1. The average molecular weight is 603 g/mol. The molecule has 42 heavy (non-hydrogen) atoms. The quantitative estimate of drug-likeness (QED) is 0.311. The van der Waals surface area contributed by atoms with E-state index >= 15 is 0 Å². The Hall–Kier alpha value is -3.80. The number of hydrogen-bond acceptors (Lipinski definition) is 9. The number of likely N-dealkylation sites (tertiary alicyclic amines) is 1. The minimum absolute atomic E-state index is 0.158. The van der Waals surface area contributed by atoms with E-state index in [4.69, 9.17) is 16.6 Å². The fourth-order valence-corrected chi connectivity index (χ4v) is 7.48. The average Bonchev–Trinajstić information content (AvgIpc) is 3.60. The molecule has 2 aliphatic heterocycles. The Bertz CT molecular complexity index is 1850. The van der Waals surface area contributed by atoms with Gasteiger partial charge >= 0.3 is 0 Å². The first-order valence-electron chi connectivity index (χ1n) is 14.3. The molecule has 5 aromatic rings. The van der Waals surface area contributed by atoms with Gasteiger partial charge < -0.3 is 20.0 Å². The van der Waals surface area contributed by atoms with Gasteiger partial charge in [-0.2, -0.15) is 0 Å². The molecule has 2 saturated heterocycles. The number of thiazole rings is 1. The van der Waals surface area contributed by atoms with Crippen LogP contribution in [0.3, 0.4) is 0 Å². The van der Waals surface area contributed by atoms with Crippen molar-refractivity contribution in [2.75, 3.05) is 56.1 Å². The summed E-state index contributed by atoms with van der Waals surface area (Å²) in [5, 5.41) is 4.03. The summed E-state index contributed by atoms with van der Waals surface area (Å²) in [6.07, 6.45) is 6.68. The van der Waals surface area contributed by atoms with Gasteiger partial charge in [-0.1, -0.05) is 11.6 Å². The van der Waals surface area contributed by atoms with Crippen LogP contribution in [0.5, 0.6) is 0 Å². The maximum Gasteiger partial charge on any atom is 0.258 e. The highest BCUT2D eigenvalue weighted by Gasteiger charge is 2.26. The molecule has 0 spiro atoms. The number of pyridine rings is 2. The van der Waals surface area contributed by atoms with E-state index in [2.05, 4.69) is 37.0 Å². The van der Waals surface area contributed by atoms with E-state index in [0.29, 0.717) is 33.5 Å². The maximum atomic E-state index is 13.9. The molecule has 1 N–H and O–H groups in total. The number of carbonyl (C=O) groups excluding carboxylic acids is 1. The fraction of sp³-hybridized carbons (Fsp3) is 0.367. The number of piperazine rings is 1. The van der Waals surface area contributed by atoms with Crippen LogP contribution in [0.25, 0.3) is 26.1 Å². The minimum Gasteiger partial charge on any atom is -0.353 e. The number of carbonyl (C=O) groups is 1. The van der Waals surface area contributed by atoms with Gasteiger partial charge in [-0.25, -0.2) is 15.0 Å². The maximum absolute atomic E-state index is 13.9. The van der Waals surface area contributed by atoms with E-state index in [-0.39, 0.29) is 16.9 Å². The lowest BCUT2D eigenvalue weighted by Crippen LogP contribution is -2.47. The number of fused-ring (bicyclic) bond motifs is 5. The molecule has 6 heterocycles. The van der Waals surface area contributed by atoms with Gasteiger partial charge in [0.1, 0.15) is 16.2 Å². The molecule has 0 bridgehead atoms. The van der Waals surface area contributed by atoms with Crippen LogP contribution >= 0.6 is 22.9 Å². The van der Waals surface area contributed by atoms with Gasteiger partial charge in [0.15, 0.2) is 5.65 Å². The molecule has 4 aromatic heterocycles. The Balaban J connectivity index is 1.25. The van der Waals surface area contributed by atoms with E-state index in [9.17, 15) is 9.59 Å². The van der Waals surface area contributed by atoms with E-state index in [0.717, 1.165) is 67.5 Å². The smallest absolute Gasteiger partial charge is 0.258 e. The van der Waals surface area contributed by atoms with Crippen molar-refractivity contribution < 1.29 is 4.79 Å².